The minimum Gasteiger partial charge on any atom is -0.481 e. The lowest BCUT2D eigenvalue weighted by atomic mass is 10.0. The van der Waals surface area contributed by atoms with Crippen LogP contribution in [0.3, 0.4) is 0 Å². The number of aliphatic carboxylic acids is 1. The quantitative estimate of drug-likeness (QED) is 0.398. The maximum absolute atomic E-state index is 12.8. The third kappa shape index (κ3) is 6.84. The summed E-state index contributed by atoms with van der Waals surface area (Å²) in [6.45, 7) is 1.54. The van der Waals surface area contributed by atoms with Gasteiger partial charge in [-0.05, 0) is 67.5 Å². The molecule has 2 aliphatic rings. The number of rotatable bonds is 7. The van der Waals surface area contributed by atoms with Gasteiger partial charge in [0.15, 0.2) is 0 Å². The average molecular weight is 522 g/mol. The lowest BCUT2D eigenvalue weighted by Gasteiger charge is -2.17. The first-order chi connectivity index (χ1) is 19.0. The molecule has 0 bridgehead atoms. The van der Waals surface area contributed by atoms with Crippen molar-refractivity contribution < 1.29 is 24.2 Å². The Kier molecular flexibility index (Phi) is 7.89. The van der Waals surface area contributed by atoms with E-state index in [1.54, 1.807) is 48.7 Å². The number of ether oxygens (including phenoxy) is 2. The second-order valence-corrected chi connectivity index (χ2v) is 9.23. The van der Waals surface area contributed by atoms with Crippen LogP contribution in [0.4, 0.5) is 11.5 Å². The van der Waals surface area contributed by atoms with Crippen molar-refractivity contribution in [1.82, 2.24) is 4.98 Å². The summed E-state index contributed by atoms with van der Waals surface area (Å²) in [5, 5.41) is 11.9. The molecule has 1 saturated heterocycles. The molecule has 1 fully saturated rings. The zero-order chi connectivity index (χ0) is 27.0. The van der Waals surface area contributed by atoms with Gasteiger partial charge in [0.05, 0.1) is 17.8 Å². The van der Waals surface area contributed by atoms with Crippen molar-refractivity contribution in [2.75, 3.05) is 23.3 Å². The molecule has 2 aromatic carbocycles. The summed E-state index contributed by atoms with van der Waals surface area (Å²) < 4.78 is 11.3. The summed E-state index contributed by atoms with van der Waals surface area (Å²) in [5.74, 6) is 4.34. The van der Waals surface area contributed by atoms with Gasteiger partial charge in [0.2, 0.25) is 0 Å². The van der Waals surface area contributed by atoms with E-state index in [-0.39, 0.29) is 11.8 Å². The number of amides is 1. The maximum Gasteiger partial charge on any atom is 0.310 e. The number of aromatic nitrogens is 1. The number of pyridine rings is 1. The predicted molar refractivity (Wildman–Crippen MR) is 147 cm³/mol. The van der Waals surface area contributed by atoms with Crippen molar-refractivity contribution in [1.29, 1.82) is 0 Å². The minimum absolute atomic E-state index is 0.136. The number of hydrogen-bond donors (Lipinski definition) is 2. The Morgan fingerprint density at radius 1 is 1.05 bits per heavy atom. The molecular formula is C31H27N3O5. The Bertz CT molecular complexity index is 1450. The van der Waals surface area contributed by atoms with Gasteiger partial charge in [0, 0.05) is 24.6 Å². The molecule has 39 heavy (non-hydrogen) atoms. The van der Waals surface area contributed by atoms with Crippen LogP contribution in [0.25, 0.3) is 0 Å². The number of carboxylic acids is 1. The van der Waals surface area contributed by atoms with Gasteiger partial charge in [-0.1, -0.05) is 36.3 Å². The third-order valence-electron chi connectivity index (χ3n) is 6.41. The van der Waals surface area contributed by atoms with Gasteiger partial charge >= 0.3 is 5.97 Å². The van der Waals surface area contributed by atoms with Gasteiger partial charge in [0.1, 0.15) is 29.2 Å². The summed E-state index contributed by atoms with van der Waals surface area (Å²) in [6, 6.07) is 20.1. The van der Waals surface area contributed by atoms with Crippen molar-refractivity contribution in [2.45, 2.75) is 12.8 Å². The van der Waals surface area contributed by atoms with E-state index >= 15 is 0 Å². The SMILES string of the molecule is O=C(Nc1ccc(N2CCC(C#COC3=CCC(C(=O)O)C=C3)C2)nc1)c1cccc(Oc2ccccc2)c1. The molecule has 0 radical (unpaired) electrons. The summed E-state index contributed by atoms with van der Waals surface area (Å²) in [4.78, 5) is 30.5. The second-order valence-electron chi connectivity index (χ2n) is 9.23. The summed E-state index contributed by atoms with van der Waals surface area (Å²) >= 11 is 0. The van der Waals surface area contributed by atoms with Gasteiger partial charge in [-0.3, -0.25) is 9.59 Å². The predicted octanol–water partition coefficient (Wildman–Crippen LogP) is 5.47. The Morgan fingerprint density at radius 2 is 1.90 bits per heavy atom. The fourth-order valence-corrected chi connectivity index (χ4v) is 4.29. The van der Waals surface area contributed by atoms with Crippen LogP contribution in [-0.4, -0.2) is 35.1 Å². The molecule has 1 aliphatic heterocycles. The van der Waals surface area contributed by atoms with Gasteiger partial charge < -0.3 is 24.8 Å². The lowest BCUT2D eigenvalue weighted by molar-refractivity contribution is -0.140. The summed E-state index contributed by atoms with van der Waals surface area (Å²) in [6.07, 6.45) is 10.7. The van der Waals surface area contributed by atoms with E-state index in [1.165, 1.54) is 0 Å². The Hall–Kier alpha value is -5.03. The summed E-state index contributed by atoms with van der Waals surface area (Å²) in [7, 11) is 0. The monoisotopic (exact) mass is 521 g/mol. The smallest absolute Gasteiger partial charge is 0.310 e. The number of para-hydroxylation sites is 1. The molecule has 196 valence electrons. The van der Waals surface area contributed by atoms with Crippen LogP contribution < -0.4 is 15.0 Å². The first-order valence-corrected chi connectivity index (χ1v) is 12.7. The largest absolute Gasteiger partial charge is 0.481 e. The number of nitrogens with one attached hydrogen (secondary N) is 1. The Morgan fingerprint density at radius 3 is 2.64 bits per heavy atom. The highest BCUT2D eigenvalue weighted by molar-refractivity contribution is 6.04. The molecule has 8 nitrogen and oxygen atoms in total. The van der Waals surface area contributed by atoms with Crippen molar-refractivity contribution >= 4 is 23.4 Å². The molecule has 2 heterocycles. The van der Waals surface area contributed by atoms with Crippen molar-refractivity contribution in [3.8, 4) is 23.5 Å². The molecule has 0 saturated carbocycles. The van der Waals surface area contributed by atoms with E-state index in [9.17, 15) is 9.59 Å². The van der Waals surface area contributed by atoms with Crippen molar-refractivity contribution in [2.24, 2.45) is 11.8 Å². The van der Waals surface area contributed by atoms with E-state index in [0.717, 1.165) is 25.3 Å². The molecule has 0 spiro atoms. The van der Waals surface area contributed by atoms with E-state index in [2.05, 4.69) is 27.2 Å². The van der Waals surface area contributed by atoms with Crippen LogP contribution in [0.15, 0.2) is 96.9 Å². The molecule has 8 heteroatoms. The first kappa shape index (κ1) is 25.6. The van der Waals surface area contributed by atoms with Crippen molar-refractivity contribution in [3.63, 3.8) is 0 Å². The highest BCUT2D eigenvalue weighted by Crippen LogP contribution is 2.25. The average Bonchev–Trinajstić information content (AvgIpc) is 3.43. The van der Waals surface area contributed by atoms with E-state index in [1.807, 2.05) is 42.5 Å². The van der Waals surface area contributed by atoms with Crippen LogP contribution >= 0.6 is 0 Å². The molecule has 2 unspecified atom stereocenters. The van der Waals surface area contributed by atoms with Crippen LogP contribution in [-0.2, 0) is 9.53 Å². The number of anilines is 2. The molecular weight excluding hydrogens is 494 g/mol. The fourth-order valence-electron chi connectivity index (χ4n) is 4.29. The number of benzene rings is 2. The molecule has 1 aliphatic carbocycles. The van der Waals surface area contributed by atoms with Gasteiger partial charge in [-0.2, -0.15) is 0 Å². The molecule has 3 aromatic rings. The van der Waals surface area contributed by atoms with Gasteiger partial charge in [-0.15, -0.1) is 0 Å². The summed E-state index contributed by atoms with van der Waals surface area (Å²) in [5.41, 5.74) is 1.08. The Balaban J connectivity index is 1.12. The number of nitrogens with zero attached hydrogens (tertiary/aromatic N) is 2. The number of carbonyl (C=O) groups excluding carboxylic acids is 1. The molecule has 5 rings (SSSR count). The first-order valence-electron chi connectivity index (χ1n) is 12.7. The van der Waals surface area contributed by atoms with Gasteiger partial charge in [-0.25, -0.2) is 4.98 Å². The third-order valence-corrected chi connectivity index (χ3v) is 6.41. The van der Waals surface area contributed by atoms with E-state index < -0.39 is 11.9 Å². The Labute approximate surface area is 226 Å². The van der Waals surface area contributed by atoms with E-state index in [4.69, 9.17) is 14.6 Å². The lowest BCUT2D eigenvalue weighted by Crippen LogP contribution is -2.20. The molecule has 1 aromatic heterocycles. The zero-order valence-electron chi connectivity index (χ0n) is 21.1. The van der Waals surface area contributed by atoms with Crippen molar-refractivity contribution in [3.05, 3.63) is 102 Å². The topological polar surface area (TPSA) is 101 Å². The fraction of sp³-hybridized carbons (Fsp3) is 0.194. The zero-order valence-corrected chi connectivity index (χ0v) is 21.1. The van der Waals surface area contributed by atoms with Crippen LogP contribution in [0.1, 0.15) is 23.2 Å². The normalized spacial score (nSPS) is 17.9. The van der Waals surface area contributed by atoms with E-state index in [0.29, 0.717) is 34.9 Å². The van der Waals surface area contributed by atoms with Crippen LogP contribution in [0.2, 0.25) is 0 Å². The van der Waals surface area contributed by atoms with Crippen LogP contribution in [0, 0.1) is 23.9 Å². The minimum atomic E-state index is -0.845. The molecule has 2 N–H and O–H groups in total. The number of allylic oxidation sites excluding steroid dienone is 2. The molecule has 2 atom stereocenters. The van der Waals surface area contributed by atoms with Crippen LogP contribution in [0.5, 0.6) is 11.5 Å². The highest BCUT2D eigenvalue weighted by atomic mass is 16.5. The second kappa shape index (κ2) is 12.0. The number of carbonyl (C=O) groups is 2. The van der Waals surface area contributed by atoms with Gasteiger partial charge in [0.25, 0.3) is 5.91 Å². The maximum atomic E-state index is 12.8. The number of hydrogen-bond acceptors (Lipinski definition) is 6. The highest BCUT2D eigenvalue weighted by Gasteiger charge is 2.22. The molecule has 1 amide bonds. The standard InChI is InChI=1S/C31H27N3O5/c35-30(24-5-4-8-28(19-24)39-27-6-2-1-3-7-27)33-25-11-14-29(32-20-25)34-17-15-22(21-34)16-18-38-26-12-9-23(10-13-26)31(36)37/h1-9,11-14,19-20,22-23H,10,15,17,21H2,(H,33,35)(H,36,37). The number of carboxylic acid groups (broad SMARTS) is 1.